The van der Waals surface area contributed by atoms with Gasteiger partial charge in [0.05, 0.1) is 17.8 Å². The Kier molecular flexibility index (Phi) is 5.65. The van der Waals surface area contributed by atoms with Gasteiger partial charge in [0.2, 0.25) is 0 Å². The number of nitrogens with zero attached hydrogens (tertiary/aromatic N) is 2. The lowest BCUT2D eigenvalue weighted by Gasteiger charge is -2.11. The Bertz CT molecular complexity index is 376. The van der Waals surface area contributed by atoms with Crippen molar-refractivity contribution in [2.45, 2.75) is 46.2 Å². The number of carbonyl (C=O) groups is 1. The second-order valence-corrected chi connectivity index (χ2v) is 4.58. The van der Waals surface area contributed by atoms with E-state index in [0.29, 0.717) is 23.3 Å². The van der Waals surface area contributed by atoms with Crippen LogP contribution in [0.3, 0.4) is 0 Å². The van der Waals surface area contributed by atoms with Gasteiger partial charge in [-0.25, -0.2) is 0 Å². The smallest absolute Gasteiger partial charge is 0.196 e. The molecule has 1 atom stereocenters. The SMILES string of the molecule is CCCn1ncc(Cl)c1C(=O)CNC(C)CC. The van der Waals surface area contributed by atoms with E-state index in [-0.39, 0.29) is 5.78 Å². The summed E-state index contributed by atoms with van der Waals surface area (Å²) in [6.45, 7) is 7.21. The van der Waals surface area contributed by atoms with E-state index in [1.807, 2.05) is 6.92 Å². The zero-order valence-corrected chi connectivity index (χ0v) is 11.4. The number of aromatic nitrogens is 2. The number of Topliss-reactive ketones (excluding diaryl/α,β-unsaturated/α-hetero) is 1. The van der Waals surface area contributed by atoms with Crippen molar-refractivity contribution in [3.8, 4) is 0 Å². The van der Waals surface area contributed by atoms with E-state index in [1.165, 1.54) is 6.20 Å². The second-order valence-electron chi connectivity index (χ2n) is 4.18. The molecule has 0 radical (unpaired) electrons. The quantitative estimate of drug-likeness (QED) is 0.764. The normalized spacial score (nSPS) is 12.7. The van der Waals surface area contributed by atoms with Crippen LogP contribution in [0.15, 0.2) is 6.20 Å². The Morgan fingerprint density at radius 1 is 1.59 bits per heavy atom. The maximum Gasteiger partial charge on any atom is 0.196 e. The monoisotopic (exact) mass is 257 g/mol. The lowest BCUT2D eigenvalue weighted by molar-refractivity contribution is 0.0977. The third-order valence-corrected chi connectivity index (χ3v) is 2.99. The lowest BCUT2D eigenvalue weighted by Crippen LogP contribution is -2.32. The molecule has 4 nitrogen and oxygen atoms in total. The molecule has 0 saturated heterocycles. The number of ketones is 1. The van der Waals surface area contributed by atoms with Gasteiger partial charge in [0.15, 0.2) is 5.78 Å². The van der Waals surface area contributed by atoms with Crippen molar-refractivity contribution in [3.63, 3.8) is 0 Å². The highest BCUT2D eigenvalue weighted by Gasteiger charge is 2.17. The van der Waals surface area contributed by atoms with Gasteiger partial charge < -0.3 is 5.32 Å². The van der Waals surface area contributed by atoms with Gasteiger partial charge in [-0.05, 0) is 19.8 Å². The van der Waals surface area contributed by atoms with Crippen LogP contribution < -0.4 is 5.32 Å². The van der Waals surface area contributed by atoms with E-state index in [2.05, 4.69) is 24.3 Å². The van der Waals surface area contributed by atoms with Gasteiger partial charge in [0, 0.05) is 12.6 Å². The molecule has 0 amide bonds. The summed E-state index contributed by atoms with van der Waals surface area (Å²) in [6.07, 6.45) is 3.46. The molecule has 1 unspecified atom stereocenters. The molecular formula is C12H20ClN3O. The molecule has 1 aromatic rings. The van der Waals surface area contributed by atoms with Gasteiger partial charge in [-0.1, -0.05) is 25.4 Å². The van der Waals surface area contributed by atoms with Gasteiger partial charge in [0.25, 0.3) is 0 Å². The van der Waals surface area contributed by atoms with Crippen LogP contribution in [0.25, 0.3) is 0 Å². The zero-order valence-electron chi connectivity index (χ0n) is 10.7. The van der Waals surface area contributed by atoms with Crippen LogP contribution in [0, 0.1) is 0 Å². The first-order chi connectivity index (χ1) is 8.10. The number of aryl methyl sites for hydroxylation is 1. The van der Waals surface area contributed by atoms with Crippen LogP contribution in [0.4, 0.5) is 0 Å². The fraction of sp³-hybridized carbons (Fsp3) is 0.667. The molecule has 0 bridgehead atoms. The molecule has 17 heavy (non-hydrogen) atoms. The van der Waals surface area contributed by atoms with Crippen LogP contribution in [-0.4, -0.2) is 28.2 Å². The summed E-state index contributed by atoms with van der Waals surface area (Å²) in [6, 6.07) is 0.334. The van der Waals surface area contributed by atoms with Crippen LogP contribution in [-0.2, 0) is 6.54 Å². The molecule has 0 spiro atoms. The minimum atomic E-state index is 0.00116. The molecule has 1 heterocycles. The first kappa shape index (κ1) is 14.2. The van der Waals surface area contributed by atoms with Crippen molar-refractivity contribution in [3.05, 3.63) is 16.9 Å². The number of nitrogens with one attached hydrogen (secondary N) is 1. The van der Waals surface area contributed by atoms with Gasteiger partial charge in [-0.3, -0.25) is 9.48 Å². The molecule has 0 aromatic carbocycles. The zero-order chi connectivity index (χ0) is 12.8. The summed E-state index contributed by atoms with van der Waals surface area (Å²) in [5.41, 5.74) is 0.518. The van der Waals surface area contributed by atoms with Crippen molar-refractivity contribution in [2.24, 2.45) is 0 Å². The van der Waals surface area contributed by atoms with Crippen molar-refractivity contribution in [1.82, 2.24) is 15.1 Å². The Balaban J connectivity index is 2.70. The standard InChI is InChI=1S/C12H20ClN3O/c1-4-6-16-12(10(13)7-15-16)11(17)8-14-9(3)5-2/h7,9,14H,4-6,8H2,1-3H3. The van der Waals surface area contributed by atoms with Crippen LogP contribution >= 0.6 is 11.6 Å². The topological polar surface area (TPSA) is 46.9 Å². The van der Waals surface area contributed by atoms with Gasteiger partial charge in [-0.2, -0.15) is 5.10 Å². The van der Waals surface area contributed by atoms with E-state index in [9.17, 15) is 4.79 Å². The predicted molar refractivity (Wildman–Crippen MR) is 69.6 cm³/mol. The molecule has 0 aliphatic carbocycles. The van der Waals surface area contributed by atoms with Crippen molar-refractivity contribution >= 4 is 17.4 Å². The highest BCUT2D eigenvalue weighted by molar-refractivity contribution is 6.33. The van der Waals surface area contributed by atoms with Gasteiger partial charge in [0.1, 0.15) is 5.69 Å². The number of hydrogen-bond acceptors (Lipinski definition) is 3. The maximum absolute atomic E-state index is 12.0. The molecule has 1 rings (SSSR count). The minimum absolute atomic E-state index is 0.00116. The molecule has 1 aromatic heterocycles. The molecule has 0 aliphatic rings. The average molecular weight is 258 g/mol. The summed E-state index contributed by atoms with van der Waals surface area (Å²) in [5, 5.41) is 7.72. The summed E-state index contributed by atoms with van der Waals surface area (Å²) >= 11 is 5.99. The first-order valence-corrected chi connectivity index (χ1v) is 6.45. The Hall–Kier alpha value is -0.870. The number of hydrogen-bond donors (Lipinski definition) is 1. The van der Waals surface area contributed by atoms with Gasteiger partial charge in [-0.15, -0.1) is 0 Å². The Labute approximate surface area is 107 Å². The summed E-state index contributed by atoms with van der Waals surface area (Å²) in [4.78, 5) is 12.0. The molecule has 5 heteroatoms. The second kappa shape index (κ2) is 6.77. The molecule has 0 aliphatic heterocycles. The molecule has 0 saturated carbocycles. The van der Waals surface area contributed by atoms with Crippen molar-refractivity contribution in [2.75, 3.05) is 6.54 Å². The van der Waals surface area contributed by atoms with E-state index < -0.39 is 0 Å². The molecule has 96 valence electrons. The van der Waals surface area contributed by atoms with E-state index in [0.717, 1.165) is 19.4 Å². The Morgan fingerprint density at radius 2 is 2.29 bits per heavy atom. The van der Waals surface area contributed by atoms with E-state index >= 15 is 0 Å². The number of rotatable bonds is 7. The number of halogens is 1. The van der Waals surface area contributed by atoms with Crippen LogP contribution in [0.2, 0.25) is 5.02 Å². The maximum atomic E-state index is 12.0. The summed E-state index contributed by atoms with van der Waals surface area (Å²) in [5.74, 6) is 0.00116. The Morgan fingerprint density at radius 3 is 2.88 bits per heavy atom. The predicted octanol–water partition coefficient (Wildman–Crippen LogP) is 2.52. The largest absolute Gasteiger partial charge is 0.307 e. The van der Waals surface area contributed by atoms with E-state index in [1.54, 1.807) is 4.68 Å². The van der Waals surface area contributed by atoms with Gasteiger partial charge >= 0.3 is 0 Å². The summed E-state index contributed by atoms with van der Waals surface area (Å²) < 4.78 is 1.68. The van der Waals surface area contributed by atoms with Crippen molar-refractivity contribution < 1.29 is 4.79 Å². The highest BCUT2D eigenvalue weighted by Crippen LogP contribution is 2.15. The first-order valence-electron chi connectivity index (χ1n) is 6.08. The molecule has 1 N–H and O–H groups in total. The third kappa shape index (κ3) is 3.82. The van der Waals surface area contributed by atoms with Crippen LogP contribution in [0.5, 0.6) is 0 Å². The summed E-state index contributed by atoms with van der Waals surface area (Å²) in [7, 11) is 0. The van der Waals surface area contributed by atoms with E-state index in [4.69, 9.17) is 11.6 Å². The fourth-order valence-corrected chi connectivity index (χ4v) is 1.76. The fourth-order valence-electron chi connectivity index (χ4n) is 1.52. The number of carbonyl (C=O) groups excluding carboxylic acids is 1. The molecular weight excluding hydrogens is 238 g/mol. The van der Waals surface area contributed by atoms with Crippen LogP contribution in [0.1, 0.15) is 44.1 Å². The third-order valence-electron chi connectivity index (χ3n) is 2.72. The van der Waals surface area contributed by atoms with Crippen molar-refractivity contribution in [1.29, 1.82) is 0 Å². The average Bonchev–Trinajstić information content (AvgIpc) is 2.67. The minimum Gasteiger partial charge on any atom is -0.307 e. The molecule has 0 fully saturated rings. The lowest BCUT2D eigenvalue weighted by atomic mass is 10.2. The highest BCUT2D eigenvalue weighted by atomic mass is 35.5.